The van der Waals surface area contributed by atoms with Gasteiger partial charge in [-0.2, -0.15) is 0 Å². The van der Waals surface area contributed by atoms with Crippen LogP contribution in [0, 0.1) is 0 Å². The highest BCUT2D eigenvalue weighted by molar-refractivity contribution is 7.91. The first-order valence-corrected chi connectivity index (χ1v) is 9.13. The summed E-state index contributed by atoms with van der Waals surface area (Å²) in [6.07, 6.45) is 0.557. The highest BCUT2D eigenvalue weighted by Gasteiger charge is 2.25. The van der Waals surface area contributed by atoms with Crippen LogP contribution >= 0.6 is 11.3 Å². The second-order valence-electron chi connectivity index (χ2n) is 5.16. The minimum absolute atomic E-state index is 0.0295. The molecular formula is C12H18N2O4S2. The van der Waals surface area contributed by atoms with Crippen LogP contribution in [0.4, 0.5) is 5.13 Å². The molecule has 0 bridgehead atoms. The zero-order chi connectivity index (χ0) is 14.9. The van der Waals surface area contributed by atoms with Crippen molar-refractivity contribution >= 4 is 32.3 Å². The summed E-state index contributed by atoms with van der Waals surface area (Å²) in [6.45, 7) is 4.78. The molecule has 0 atom stereocenters. The second kappa shape index (κ2) is 5.69. The molecule has 2 rings (SSSR count). The molecule has 0 aromatic carbocycles. The fourth-order valence-corrected chi connectivity index (χ4v) is 4.51. The predicted octanol–water partition coefficient (Wildman–Crippen LogP) is 1.59. The molecule has 6 nitrogen and oxygen atoms in total. The Hall–Kier alpha value is -1.15. The van der Waals surface area contributed by atoms with E-state index in [2.05, 4.69) is 4.98 Å². The van der Waals surface area contributed by atoms with Gasteiger partial charge in [0, 0.05) is 13.1 Å². The average molecular weight is 318 g/mol. The molecule has 2 heterocycles. The van der Waals surface area contributed by atoms with Crippen LogP contribution in [0.1, 0.15) is 41.6 Å². The standard InChI is InChI=1S/C12H18N2O4S2/c1-8(2)9-10(11(15)16)19-12(13-9)14-4-3-6-20(17,18)7-5-14/h8H,3-7H2,1-2H3,(H,15,16). The number of hydrogen-bond donors (Lipinski definition) is 1. The number of nitrogens with zero attached hydrogens (tertiary/aromatic N) is 2. The lowest BCUT2D eigenvalue weighted by molar-refractivity contribution is 0.0700. The van der Waals surface area contributed by atoms with Crippen LogP contribution < -0.4 is 4.90 Å². The molecule has 0 radical (unpaired) electrons. The van der Waals surface area contributed by atoms with Gasteiger partial charge in [-0.25, -0.2) is 18.2 Å². The molecular weight excluding hydrogens is 300 g/mol. The summed E-state index contributed by atoms with van der Waals surface area (Å²) in [4.78, 5) is 17.8. The third-order valence-corrected chi connectivity index (χ3v) is 6.04. The van der Waals surface area contributed by atoms with Crippen molar-refractivity contribution in [2.75, 3.05) is 29.5 Å². The van der Waals surface area contributed by atoms with Crippen LogP contribution in [0.15, 0.2) is 0 Å². The van der Waals surface area contributed by atoms with Gasteiger partial charge in [-0.05, 0) is 12.3 Å². The number of anilines is 1. The lowest BCUT2D eigenvalue weighted by atomic mass is 10.1. The highest BCUT2D eigenvalue weighted by Crippen LogP contribution is 2.31. The lowest BCUT2D eigenvalue weighted by Gasteiger charge is -2.18. The van der Waals surface area contributed by atoms with E-state index in [1.165, 1.54) is 0 Å². The van der Waals surface area contributed by atoms with E-state index in [-0.39, 0.29) is 22.3 Å². The summed E-state index contributed by atoms with van der Waals surface area (Å²) >= 11 is 1.13. The zero-order valence-corrected chi connectivity index (χ0v) is 13.1. The van der Waals surface area contributed by atoms with Gasteiger partial charge in [0.25, 0.3) is 0 Å². The van der Waals surface area contributed by atoms with E-state index < -0.39 is 15.8 Å². The Morgan fingerprint density at radius 1 is 1.35 bits per heavy atom. The van der Waals surface area contributed by atoms with Crippen molar-refractivity contribution in [2.24, 2.45) is 0 Å². The smallest absolute Gasteiger partial charge is 0.347 e. The summed E-state index contributed by atoms with van der Waals surface area (Å²) in [6, 6.07) is 0. The number of carbonyl (C=O) groups is 1. The Labute approximate surface area is 122 Å². The number of rotatable bonds is 3. The van der Waals surface area contributed by atoms with E-state index in [1.54, 1.807) is 0 Å². The number of hydrogen-bond acceptors (Lipinski definition) is 6. The molecule has 1 aliphatic heterocycles. The van der Waals surface area contributed by atoms with Crippen molar-refractivity contribution in [1.29, 1.82) is 0 Å². The maximum absolute atomic E-state index is 11.6. The van der Waals surface area contributed by atoms with Crippen LogP contribution in [0.2, 0.25) is 0 Å². The highest BCUT2D eigenvalue weighted by atomic mass is 32.2. The largest absolute Gasteiger partial charge is 0.477 e. The predicted molar refractivity (Wildman–Crippen MR) is 78.6 cm³/mol. The van der Waals surface area contributed by atoms with Crippen molar-refractivity contribution in [3.63, 3.8) is 0 Å². The van der Waals surface area contributed by atoms with Crippen LogP contribution in [0.3, 0.4) is 0 Å². The van der Waals surface area contributed by atoms with E-state index in [1.807, 2.05) is 18.7 Å². The molecule has 1 N–H and O–H groups in total. The van der Waals surface area contributed by atoms with Crippen molar-refractivity contribution in [2.45, 2.75) is 26.2 Å². The maximum atomic E-state index is 11.6. The molecule has 0 saturated carbocycles. The maximum Gasteiger partial charge on any atom is 0.347 e. The number of aromatic carboxylic acids is 1. The number of carboxylic acid groups (broad SMARTS) is 1. The molecule has 1 aromatic heterocycles. The van der Waals surface area contributed by atoms with Gasteiger partial charge >= 0.3 is 5.97 Å². The average Bonchev–Trinajstić information content (AvgIpc) is 2.70. The Bertz CT molecular complexity index is 607. The van der Waals surface area contributed by atoms with E-state index >= 15 is 0 Å². The number of aromatic nitrogens is 1. The van der Waals surface area contributed by atoms with Gasteiger partial charge in [-0.1, -0.05) is 25.2 Å². The normalized spacial score (nSPS) is 19.1. The molecule has 0 unspecified atom stereocenters. The first kappa shape index (κ1) is 15.2. The topological polar surface area (TPSA) is 87.6 Å². The van der Waals surface area contributed by atoms with Gasteiger partial charge in [0.05, 0.1) is 17.2 Å². The van der Waals surface area contributed by atoms with Crippen LogP contribution in [-0.4, -0.2) is 49.1 Å². The van der Waals surface area contributed by atoms with Crippen LogP contribution in [-0.2, 0) is 9.84 Å². The molecule has 1 aliphatic rings. The summed E-state index contributed by atoms with van der Waals surface area (Å²) in [5, 5.41) is 9.83. The summed E-state index contributed by atoms with van der Waals surface area (Å²) in [7, 11) is -2.98. The molecule has 112 valence electrons. The SMILES string of the molecule is CC(C)c1nc(N2CCCS(=O)(=O)CC2)sc1C(=O)O. The summed E-state index contributed by atoms with van der Waals surface area (Å²) in [5.41, 5.74) is 0.574. The first-order chi connectivity index (χ1) is 9.30. The fourth-order valence-electron chi connectivity index (χ4n) is 2.13. The quantitative estimate of drug-likeness (QED) is 0.910. The molecule has 1 fully saturated rings. The summed E-state index contributed by atoms with van der Waals surface area (Å²) in [5.74, 6) is -0.648. The van der Waals surface area contributed by atoms with Gasteiger partial charge in [0.2, 0.25) is 0 Å². The Kier molecular flexibility index (Phi) is 4.33. The number of thiazole rings is 1. The number of carboxylic acids is 1. The van der Waals surface area contributed by atoms with Crippen molar-refractivity contribution < 1.29 is 18.3 Å². The summed E-state index contributed by atoms with van der Waals surface area (Å²) < 4.78 is 23.2. The van der Waals surface area contributed by atoms with Crippen molar-refractivity contribution in [1.82, 2.24) is 4.98 Å². The molecule has 8 heteroatoms. The minimum Gasteiger partial charge on any atom is -0.477 e. The third-order valence-electron chi connectivity index (χ3n) is 3.21. The Balaban J connectivity index is 2.29. The van der Waals surface area contributed by atoms with Crippen LogP contribution in [0.25, 0.3) is 0 Å². The lowest BCUT2D eigenvalue weighted by Crippen LogP contribution is -2.26. The van der Waals surface area contributed by atoms with Gasteiger partial charge in [0.15, 0.2) is 15.0 Å². The van der Waals surface area contributed by atoms with Gasteiger partial charge in [-0.15, -0.1) is 0 Å². The van der Waals surface area contributed by atoms with E-state index in [4.69, 9.17) is 0 Å². The Morgan fingerprint density at radius 2 is 2.05 bits per heavy atom. The zero-order valence-electron chi connectivity index (χ0n) is 11.5. The monoisotopic (exact) mass is 318 g/mol. The molecule has 0 aliphatic carbocycles. The fraction of sp³-hybridized carbons (Fsp3) is 0.667. The van der Waals surface area contributed by atoms with E-state index in [0.717, 1.165) is 11.3 Å². The van der Waals surface area contributed by atoms with Crippen molar-refractivity contribution in [3.05, 3.63) is 10.6 Å². The second-order valence-corrected chi connectivity index (χ2v) is 8.44. The van der Waals surface area contributed by atoms with Crippen molar-refractivity contribution in [3.8, 4) is 0 Å². The minimum atomic E-state index is -2.98. The molecule has 0 spiro atoms. The van der Waals surface area contributed by atoms with Gasteiger partial charge < -0.3 is 10.0 Å². The molecule has 1 saturated heterocycles. The van der Waals surface area contributed by atoms with Gasteiger partial charge in [-0.3, -0.25) is 0 Å². The Morgan fingerprint density at radius 3 is 2.60 bits per heavy atom. The molecule has 20 heavy (non-hydrogen) atoms. The van der Waals surface area contributed by atoms with Gasteiger partial charge in [0.1, 0.15) is 4.88 Å². The van der Waals surface area contributed by atoms with E-state index in [0.29, 0.717) is 30.3 Å². The third kappa shape index (κ3) is 3.29. The van der Waals surface area contributed by atoms with E-state index in [9.17, 15) is 18.3 Å². The first-order valence-electron chi connectivity index (χ1n) is 6.49. The molecule has 1 aromatic rings. The number of sulfone groups is 1. The van der Waals surface area contributed by atoms with Crippen LogP contribution in [0.5, 0.6) is 0 Å². The molecule has 0 amide bonds.